The Hall–Kier alpha value is -2.86. The Morgan fingerprint density at radius 3 is 2.10 bits per heavy atom. The van der Waals surface area contributed by atoms with Crippen LogP contribution in [0.25, 0.3) is 0 Å². The first-order chi connectivity index (χ1) is 14.6. The standard InChI is InChI=1S/C24H29N3O3/c25-22(28)24(26-23(29)30-17-19-10-5-2-6-11-19)14-20-12-7-13-21(15-24)27(20)16-18-8-3-1-4-9-18/h1-6,8-11,20-21H,7,12-17H2,(H2,25,28)(H,26,29). The Labute approximate surface area is 177 Å². The van der Waals surface area contributed by atoms with Crippen molar-refractivity contribution >= 4 is 12.0 Å². The number of nitrogens with one attached hydrogen (secondary N) is 1. The van der Waals surface area contributed by atoms with Crippen LogP contribution in [0.4, 0.5) is 4.79 Å². The molecule has 0 radical (unpaired) electrons. The zero-order valence-electron chi connectivity index (χ0n) is 17.1. The van der Waals surface area contributed by atoms with Crippen LogP contribution >= 0.6 is 0 Å². The highest BCUT2D eigenvalue weighted by Gasteiger charge is 2.50. The van der Waals surface area contributed by atoms with E-state index in [0.29, 0.717) is 12.8 Å². The molecule has 6 nitrogen and oxygen atoms in total. The minimum Gasteiger partial charge on any atom is -0.445 e. The Kier molecular flexibility index (Phi) is 6.04. The molecule has 0 spiro atoms. The van der Waals surface area contributed by atoms with Crippen molar-refractivity contribution in [2.24, 2.45) is 5.73 Å². The average Bonchev–Trinajstić information content (AvgIpc) is 2.74. The number of amides is 2. The third-order valence-corrected chi connectivity index (χ3v) is 6.41. The summed E-state index contributed by atoms with van der Waals surface area (Å²) < 4.78 is 5.38. The van der Waals surface area contributed by atoms with E-state index in [9.17, 15) is 9.59 Å². The molecule has 2 atom stereocenters. The van der Waals surface area contributed by atoms with Crippen molar-refractivity contribution in [2.75, 3.05) is 0 Å². The second kappa shape index (κ2) is 8.88. The number of nitrogens with zero attached hydrogens (tertiary/aromatic N) is 1. The number of carbonyl (C=O) groups excluding carboxylic acids is 2. The number of rotatable bonds is 6. The van der Waals surface area contributed by atoms with Gasteiger partial charge in [-0.25, -0.2) is 4.79 Å². The number of primary amides is 1. The number of alkyl carbamates (subject to hydrolysis) is 1. The number of hydrogen-bond acceptors (Lipinski definition) is 4. The molecule has 0 saturated carbocycles. The van der Waals surface area contributed by atoms with E-state index in [-0.39, 0.29) is 18.7 Å². The lowest BCUT2D eigenvalue weighted by Gasteiger charge is -2.52. The van der Waals surface area contributed by atoms with Crippen LogP contribution in [0, 0.1) is 0 Å². The van der Waals surface area contributed by atoms with E-state index in [4.69, 9.17) is 10.5 Å². The summed E-state index contributed by atoms with van der Waals surface area (Å²) in [5.74, 6) is -0.476. The molecule has 0 aliphatic carbocycles. The number of fused-ring (bicyclic) bond motifs is 2. The van der Waals surface area contributed by atoms with Crippen molar-refractivity contribution in [1.29, 1.82) is 0 Å². The monoisotopic (exact) mass is 407 g/mol. The lowest BCUT2D eigenvalue weighted by molar-refractivity contribution is -0.130. The first-order valence-electron chi connectivity index (χ1n) is 10.6. The normalized spacial score (nSPS) is 26.0. The summed E-state index contributed by atoms with van der Waals surface area (Å²) in [6.07, 6.45) is 3.58. The minimum absolute atomic E-state index is 0.161. The molecule has 2 aliphatic heterocycles. The highest BCUT2D eigenvalue weighted by atomic mass is 16.5. The molecular weight excluding hydrogens is 378 g/mol. The summed E-state index contributed by atoms with van der Waals surface area (Å²) in [6.45, 7) is 1.01. The van der Waals surface area contributed by atoms with E-state index >= 15 is 0 Å². The SMILES string of the molecule is NC(=O)C1(NC(=O)OCc2ccccc2)CC2CCCC(C1)N2Cc1ccccc1. The van der Waals surface area contributed by atoms with E-state index in [2.05, 4.69) is 22.3 Å². The van der Waals surface area contributed by atoms with Crippen LogP contribution in [-0.4, -0.2) is 34.5 Å². The van der Waals surface area contributed by atoms with Gasteiger partial charge in [-0.2, -0.15) is 0 Å². The molecule has 2 amide bonds. The minimum atomic E-state index is -1.06. The molecule has 2 bridgehead atoms. The molecule has 2 aromatic carbocycles. The fourth-order valence-electron chi connectivity index (χ4n) is 4.92. The molecule has 2 saturated heterocycles. The second-order valence-electron chi connectivity index (χ2n) is 8.44. The van der Waals surface area contributed by atoms with E-state index in [0.717, 1.165) is 31.4 Å². The van der Waals surface area contributed by atoms with Crippen LogP contribution < -0.4 is 11.1 Å². The molecule has 2 aromatic rings. The van der Waals surface area contributed by atoms with Gasteiger partial charge in [-0.1, -0.05) is 67.1 Å². The maximum Gasteiger partial charge on any atom is 0.408 e. The fraction of sp³-hybridized carbons (Fsp3) is 0.417. The van der Waals surface area contributed by atoms with Crippen LogP contribution in [0.15, 0.2) is 60.7 Å². The lowest BCUT2D eigenvalue weighted by atomic mass is 9.73. The van der Waals surface area contributed by atoms with Gasteiger partial charge in [0.1, 0.15) is 12.1 Å². The second-order valence-corrected chi connectivity index (χ2v) is 8.44. The quantitative estimate of drug-likeness (QED) is 0.769. The van der Waals surface area contributed by atoms with Crippen LogP contribution in [-0.2, 0) is 22.7 Å². The van der Waals surface area contributed by atoms with Gasteiger partial charge in [0.15, 0.2) is 0 Å². The van der Waals surface area contributed by atoms with Crippen molar-refractivity contribution in [1.82, 2.24) is 10.2 Å². The number of piperidine rings is 2. The molecule has 0 aromatic heterocycles. The van der Waals surface area contributed by atoms with E-state index in [1.165, 1.54) is 5.56 Å². The summed E-state index contributed by atoms with van der Waals surface area (Å²) in [5, 5.41) is 2.85. The zero-order valence-corrected chi connectivity index (χ0v) is 17.1. The predicted molar refractivity (Wildman–Crippen MR) is 114 cm³/mol. The molecular formula is C24H29N3O3. The summed E-state index contributed by atoms with van der Waals surface area (Å²) in [7, 11) is 0. The van der Waals surface area contributed by atoms with Crippen LogP contribution in [0.2, 0.25) is 0 Å². The first kappa shape index (κ1) is 20.4. The van der Waals surface area contributed by atoms with Crippen molar-refractivity contribution in [3.63, 3.8) is 0 Å². The van der Waals surface area contributed by atoms with E-state index in [1.807, 2.05) is 48.5 Å². The maximum atomic E-state index is 12.5. The molecule has 4 rings (SSSR count). The van der Waals surface area contributed by atoms with Gasteiger partial charge in [-0.3, -0.25) is 9.69 Å². The summed E-state index contributed by atoms with van der Waals surface area (Å²) >= 11 is 0. The van der Waals surface area contributed by atoms with Crippen molar-refractivity contribution in [3.05, 3.63) is 71.8 Å². The van der Waals surface area contributed by atoms with E-state index < -0.39 is 17.5 Å². The maximum absolute atomic E-state index is 12.5. The van der Waals surface area contributed by atoms with Gasteiger partial charge in [-0.05, 0) is 36.8 Å². The predicted octanol–water partition coefficient (Wildman–Crippen LogP) is 3.35. The third-order valence-electron chi connectivity index (χ3n) is 6.41. The van der Waals surface area contributed by atoms with Gasteiger partial charge in [0, 0.05) is 18.6 Å². The van der Waals surface area contributed by atoms with Gasteiger partial charge in [0.2, 0.25) is 5.91 Å². The number of hydrogen-bond donors (Lipinski definition) is 2. The first-order valence-corrected chi connectivity index (χ1v) is 10.6. The molecule has 2 fully saturated rings. The molecule has 6 heteroatoms. The number of nitrogens with two attached hydrogens (primary N) is 1. The Balaban J connectivity index is 1.44. The van der Waals surface area contributed by atoms with Crippen molar-refractivity contribution < 1.29 is 14.3 Å². The highest BCUT2D eigenvalue weighted by Crippen LogP contribution is 2.40. The van der Waals surface area contributed by atoms with E-state index in [1.54, 1.807) is 0 Å². The smallest absolute Gasteiger partial charge is 0.408 e. The Morgan fingerprint density at radius 1 is 0.967 bits per heavy atom. The van der Waals surface area contributed by atoms with Crippen molar-refractivity contribution in [3.8, 4) is 0 Å². The molecule has 3 N–H and O–H groups in total. The van der Waals surface area contributed by atoms with Gasteiger partial charge in [0.25, 0.3) is 0 Å². The molecule has 30 heavy (non-hydrogen) atoms. The van der Waals surface area contributed by atoms with Crippen LogP contribution in [0.5, 0.6) is 0 Å². The van der Waals surface area contributed by atoms with Gasteiger partial charge in [0.05, 0.1) is 0 Å². The number of benzene rings is 2. The van der Waals surface area contributed by atoms with Crippen molar-refractivity contribution in [2.45, 2.75) is 62.9 Å². The zero-order chi connectivity index (χ0) is 21.0. The number of carbonyl (C=O) groups is 2. The van der Waals surface area contributed by atoms with Gasteiger partial charge >= 0.3 is 6.09 Å². The van der Waals surface area contributed by atoms with Crippen LogP contribution in [0.3, 0.4) is 0 Å². The molecule has 2 unspecified atom stereocenters. The summed E-state index contributed by atoms with van der Waals surface area (Å²) in [4.78, 5) is 27.5. The topological polar surface area (TPSA) is 84.7 Å². The summed E-state index contributed by atoms with van der Waals surface area (Å²) in [5.41, 5.74) is 6.93. The Bertz CT molecular complexity index is 858. The van der Waals surface area contributed by atoms with Gasteiger partial charge in [-0.15, -0.1) is 0 Å². The van der Waals surface area contributed by atoms with Gasteiger partial charge < -0.3 is 15.8 Å². The summed E-state index contributed by atoms with van der Waals surface area (Å²) in [6, 6.07) is 20.3. The molecule has 2 aliphatic rings. The average molecular weight is 408 g/mol. The Morgan fingerprint density at radius 2 is 1.53 bits per heavy atom. The number of ether oxygens (including phenoxy) is 1. The third kappa shape index (κ3) is 4.49. The fourth-order valence-corrected chi connectivity index (χ4v) is 4.92. The molecule has 2 heterocycles. The van der Waals surface area contributed by atoms with Crippen LogP contribution in [0.1, 0.15) is 43.2 Å². The lowest BCUT2D eigenvalue weighted by Crippen LogP contribution is -2.68. The molecule has 158 valence electrons. The largest absolute Gasteiger partial charge is 0.445 e. The highest BCUT2D eigenvalue weighted by molar-refractivity contribution is 5.89.